The number of halogens is 2. The van der Waals surface area contributed by atoms with Crippen LogP contribution >= 0.6 is 23.2 Å². The van der Waals surface area contributed by atoms with Crippen molar-refractivity contribution in [1.29, 1.82) is 0 Å². The van der Waals surface area contributed by atoms with Crippen LogP contribution in [0, 0.1) is 0 Å². The number of nitrogens with zero attached hydrogens (tertiary/aromatic N) is 4. The van der Waals surface area contributed by atoms with Crippen LogP contribution in [0.1, 0.15) is 46.4 Å². The summed E-state index contributed by atoms with van der Waals surface area (Å²) < 4.78 is 21.7. The van der Waals surface area contributed by atoms with Crippen molar-refractivity contribution in [2.75, 3.05) is 25.0 Å². The predicted octanol–water partition coefficient (Wildman–Crippen LogP) is 7.47. The van der Waals surface area contributed by atoms with E-state index >= 15 is 0 Å². The molecule has 10 nitrogen and oxygen atoms in total. The molecule has 0 radical (unpaired) electrons. The Morgan fingerprint density at radius 3 is 1.48 bits per heavy atom. The summed E-state index contributed by atoms with van der Waals surface area (Å²) in [6.45, 7) is 0.605. The number of alkyl halides is 2. The van der Waals surface area contributed by atoms with Crippen LogP contribution in [0.4, 0.5) is 0 Å². The third-order valence-electron chi connectivity index (χ3n) is 6.44. The quantitative estimate of drug-likeness (QED) is 0.0688. The van der Waals surface area contributed by atoms with Crippen molar-refractivity contribution in [3.8, 4) is 45.7 Å². The minimum atomic E-state index is -0.429. The van der Waals surface area contributed by atoms with Crippen LogP contribution in [0.5, 0.6) is 0 Å². The number of rotatable bonds is 14. The second-order valence-corrected chi connectivity index (χ2v) is 10.4. The van der Waals surface area contributed by atoms with E-state index in [0.717, 1.165) is 12.8 Å². The van der Waals surface area contributed by atoms with Gasteiger partial charge in [0.15, 0.2) is 0 Å². The molecule has 0 aliphatic carbocycles. The second kappa shape index (κ2) is 15.3. The molecule has 226 valence electrons. The van der Waals surface area contributed by atoms with E-state index in [-0.39, 0.29) is 11.8 Å². The van der Waals surface area contributed by atoms with Crippen molar-refractivity contribution in [2.24, 2.45) is 0 Å². The van der Waals surface area contributed by atoms with Crippen molar-refractivity contribution in [3.63, 3.8) is 0 Å². The van der Waals surface area contributed by atoms with E-state index in [1.807, 2.05) is 12.1 Å². The minimum absolute atomic E-state index is 0.271. The van der Waals surface area contributed by atoms with Crippen LogP contribution in [-0.4, -0.2) is 57.2 Å². The average Bonchev–Trinajstić information content (AvgIpc) is 3.77. The third-order valence-corrected chi connectivity index (χ3v) is 6.98. The normalized spacial score (nSPS) is 11.0. The van der Waals surface area contributed by atoms with Crippen LogP contribution < -0.4 is 0 Å². The Hall–Kier alpha value is -4.54. The summed E-state index contributed by atoms with van der Waals surface area (Å²) in [5.41, 5.74) is 3.25. The molecule has 0 atom stereocenters. The highest BCUT2D eigenvalue weighted by molar-refractivity contribution is 6.18. The van der Waals surface area contributed by atoms with Gasteiger partial charge in [0.2, 0.25) is 11.6 Å². The largest absolute Gasteiger partial charge is 0.462 e. The SMILES string of the molecule is O=C(OCCCCCl)c1cccc(-c2noc(-c3cccc(-c4nc(-c5cccc(C(=O)OCCCCCl)c5)no4)c3)n2)c1. The number of hydrogen-bond acceptors (Lipinski definition) is 10. The Kier molecular flexibility index (Phi) is 10.7. The molecule has 2 heterocycles. The molecule has 44 heavy (non-hydrogen) atoms. The van der Waals surface area contributed by atoms with Gasteiger partial charge in [-0.3, -0.25) is 0 Å². The van der Waals surface area contributed by atoms with Gasteiger partial charge in [0, 0.05) is 34.0 Å². The van der Waals surface area contributed by atoms with Crippen molar-refractivity contribution in [2.45, 2.75) is 25.7 Å². The monoisotopic (exact) mass is 634 g/mol. The van der Waals surface area contributed by atoms with Crippen LogP contribution in [0.25, 0.3) is 45.7 Å². The number of unbranched alkanes of at least 4 members (excludes halogenated alkanes) is 2. The first kappa shape index (κ1) is 30.9. The molecule has 3 aromatic carbocycles. The number of hydrogen-bond donors (Lipinski definition) is 0. The van der Waals surface area contributed by atoms with Crippen LogP contribution in [-0.2, 0) is 9.47 Å². The molecule has 0 fully saturated rings. The van der Waals surface area contributed by atoms with Gasteiger partial charge in [-0.2, -0.15) is 9.97 Å². The van der Waals surface area contributed by atoms with Gasteiger partial charge < -0.3 is 18.5 Å². The summed E-state index contributed by atoms with van der Waals surface area (Å²) >= 11 is 11.4. The summed E-state index contributed by atoms with van der Waals surface area (Å²) in [7, 11) is 0. The lowest BCUT2D eigenvalue weighted by Crippen LogP contribution is -2.06. The van der Waals surface area contributed by atoms with E-state index in [0.29, 0.717) is 82.8 Å². The van der Waals surface area contributed by atoms with E-state index < -0.39 is 11.9 Å². The molecule has 12 heteroatoms. The lowest BCUT2D eigenvalue weighted by Gasteiger charge is -2.05. The van der Waals surface area contributed by atoms with Crippen LogP contribution in [0.15, 0.2) is 81.8 Å². The zero-order chi connectivity index (χ0) is 30.7. The van der Waals surface area contributed by atoms with Crippen molar-refractivity contribution in [3.05, 3.63) is 83.9 Å². The third kappa shape index (κ3) is 7.89. The molecule has 0 amide bonds. The summed E-state index contributed by atoms with van der Waals surface area (Å²) in [6.07, 6.45) is 2.95. The smallest absolute Gasteiger partial charge is 0.338 e. The first-order chi connectivity index (χ1) is 21.6. The fourth-order valence-electron chi connectivity index (χ4n) is 4.16. The molecule has 0 saturated heterocycles. The summed E-state index contributed by atoms with van der Waals surface area (Å²) in [4.78, 5) is 33.9. The van der Waals surface area contributed by atoms with E-state index in [1.165, 1.54) is 0 Å². The maximum absolute atomic E-state index is 12.4. The summed E-state index contributed by atoms with van der Waals surface area (Å²) in [5.74, 6) is 1.37. The molecular weight excluding hydrogens is 607 g/mol. The van der Waals surface area contributed by atoms with Gasteiger partial charge in [0.1, 0.15) is 0 Å². The van der Waals surface area contributed by atoms with E-state index in [1.54, 1.807) is 60.7 Å². The van der Waals surface area contributed by atoms with E-state index in [9.17, 15) is 9.59 Å². The number of benzene rings is 3. The number of carbonyl (C=O) groups is 2. The topological polar surface area (TPSA) is 130 Å². The molecule has 0 unspecified atom stereocenters. The lowest BCUT2D eigenvalue weighted by molar-refractivity contribution is 0.0490. The zero-order valence-electron chi connectivity index (χ0n) is 23.6. The Balaban J connectivity index is 1.28. The molecule has 0 aliphatic rings. The van der Waals surface area contributed by atoms with E-state index in [2.05, 4.69) is 20.3 Å². The Morgan fingerprint density at radius 1 is 0.591 bits per heavy atom. The van der Waals surface area contributed by atoms with Gasteiger partial charge in [-0.25, -0.2) is 9.59 Å². The predicted molar refractivity (Wildman–Crippen MR) is 164 cm³/mol. The van der Waals surface area contributed by atoms with Crippen molar-refractivity contribution >= 4 is 35.1 Å². The number of ether oxygens (including phenoxy) is 2. The highest BCUT2D eigenvalue weighted by Crippen LogP contribution is 2.28. The first-order valence-corrected chi connectivity index (χ1v) is 15.1. The average molecular weight is 636 g/mol. The molecule has 0 N–H and O–H groups in total. The first-order valence-electron chi connectivity index (χ1n) is 14.0. The highest BCUT2D eigenvalue weighted by atomic mass is 35.5. The molecule has 0 aliphatic heterocycles. The number of esters is 2. The number of carbonyl (C=O) groups excluding carboxylic acids is 2. The molecular formula is C32H28Cl2N4O6. The molecule has 0 spiro atoms. The van der Waals surface area contributed by atoms with Gasteiger partial charge in [-0.05, 0) is 68.1 Å². The highest BCUT2D eigenvalue weighted by Gasteiger charge is 2.17. The lowest BCUT2D eigenvalue weighted by atomic mass is 10.1. The molecule has 0 bridgehead atoms. The van der Waals surface area contributed by atoms with Gasteiger partial charge in [0.05, 0.1) is 24.3 Å². The number of aromatic nitrogens is 4. The zero-order valence-corrected chi connectivity index (χ0v) is 25.1. The van der Waals surface area contributed by atoms with Crippen LogP contribution in [0.3, 0.4) is 0 Å². The van der Waals surface area contributed by atoms with Gasteiger partial charge in [-0.15, -0.1) is 23.2 Å². The standard InChI is InChI=1S/C32H28Cl2N4O6/c33-14-1-3-16-41-31(39)25-12-5-8-21(18-25)27-35-29(43-37-27)23-10-7-11-24(20-23)30-36-28(38-44-30)22-9-6-13-26(19-22)32(40)42-17-4-2-15-34/h5-13,18-20H,1-4,14-17H2. The molecule has 2 aromatic heterocycles. The van der Waals surface area contributed by atoms with Crippen LogP contribution in [0.2, 0.25) is 0 Å². The Morgan fingerprint density at radius 2 is 1.02 bits per heavy atom. The molecule has 5 aromatic rings. The fraction of sp³-hybridized carbons (Fsp3) is 0.250. The van der Waals surface area contributed by atoms with Crippen molar-refractivity contribution < 1.29 is 28.1 Å². The van der Waals surface area contributed by atoms with Crippen molar-refractivity contribution in [1.82, 2.24) is 20.3 Å². The maximum Gasteiger partial charge on any atom is 0.338 e. The minimum Gasteiger partial charge on any atom is -0.462 e. The summed E-state index contributed by atoms with van der Waals surface area (Å²) in [5, 5.41) is 8.20. The summed E-state index contributed by atoms with van der Waals surface area (Å²) in [6, 6.07) is 20.9. The molecule has 0 saturated carbocycles. The van der Waals surface area contributed by atoms with Gasteiger partial charge in [0.25, 0.3) is 11.8 Å². The fourth-order valence-corrected chi connectivity index (χ4v) is 4.54. The van der Waals surface area contributed by atoms with Gasteiger partial charge >= 0.3 is 11.9 Å². The molecule has 5 rings (SSSR count). The Bertz CT molecular complexity index is 1600. The van der Waals surface area contributed by atoms with E-state index in [4.69, 9.17) is 41.7 Å². The van der Waals surface area contributed by atoms with Gasteiger partial charge in [-0.1, -0.05) is 40.6 Å². The maximum atomic E-state index is 12.4. The Labute approximate surface area is 263 Å². The second-order valence-electron chi connectivity index (χ2n) is 9.65.